The predicted molar refractivity (Wildman–Crippen MR) is 88.6 cm³/mol. The SMILES string of the molecule is CC(=O)Nc1cc(S(=O)(=O)N[C@@H]2C[C@@H]2c2ccccc2)ccc1F. The van der Waals surface area contributed by atoms with Crippen LogP contribution in [0.5, 0.6) is 0 Å². The molecule has 0 saturated heterocycles. The molecular weight excluding hydrogens is 331 g/mol. The number of amides is 1. The third kappa shape index (κ3) is 3.63. The number of anilines is 1. The standard InChI is InChI=1S/C17H17FN2O3S/c1-11(21)19-17-9-13(7-8-15(17)18)24(22,23)20-16-10-14(16)12-5-3-2-4-6-12/h2-9,14,16,20H,10H2,1H3,(H,19,21)/t14-,16-/m1/s1. The normalized spacial score (nSPS) is 19.8. The van der Waals surface area contributed by atoms with E-state index in [-0.39, 0.29) is 22.5 Å². The highest BCUT2D eigenvalue weighted by atomic mass is 32.2. The smallest absolute Gasteiger partial charge is 0.240 e. The summed E-state index contributed by atoms with van der Waals surface area (Å²) in [7, 11) is -3.78. The Balaban J connectivity index is 1.76. The summed E-state index contributed by atoms with van der Waals surface area (Å²) in [5, 5.41) is 2.28. The van der Waals surface area contributed by atoms with Crippen molar-refractivity contribution in [2.45, 2.75) is 30.2 Å². The molecule has 7 heteroatoms. The van der Waals surface area contributed by atoms with Crippen LogP contribution in [0.15, 0.2) is 53.4 Å². The van der Waals surface area contributed by atoms with E-state index in [1.807, 2.05) is 30.3 Å². The number of rotatable bonds is 5. The maximum Gasteiger partial charge on any atom is 0.240 e. The van der Waals surface area contributed by atoms with E-state index in [0.29, 0.717) is 0 Å². The second kappa shape index (κ2) is 6.33. The van der Waals surface area contributed by atoms with Gasteiger partial charge in [-0.2, -0.15) is 0 Å². The van der Waals surface area contributed by atoms with Crippen LogP contribution in [0.25, 0.3) is 0 Å². The highest BCUT2D eigenvalue weighted by Crippen LogP contribution is 2.41. The molecule has 1 aliphatic rings. The van der Waals surface area contributed by atoms with Crippen molar-refractivity contribution in [2.75, 3.05) is 5.32 Å². The zero-order valence-corrected chi connectivity index (χ0v) is 13.8. The van der Waals surface area contributed by atoms with E-state index in [4.69, 9.17) is 0 Å². The van der Waals surface area contributed by atoms with Crippen molar-refractivity contribution in [2.24, 2.45) is 0 Å². The molecule has 0 aliphatic heterocycles. The summed E-state index contributed by atoms with van der Waals surface area (Å²) in [5.74, 6) is -1.00. The van der Waals surface area contributed by atoms with Crippen LogP contribution >= 0.6 is 0 Å². The molecule has 2 aromatic rings. The maximum absolute atomic E-state index is 13.6. The summed E-state index contributed by atoms with van der Waals surface area (Å²) < 4.78 is 41.2. The third-order valence-corrected chi connectivity index (χ3v) is 5.37. The van der Waals surface area contributed by atoms with E-state index < -0.39 is 21.7 Å². The summed E-state index contributed by atoms with van der Waals surface area (Å²) in [6, 6.07) is 12.8. The van der Waals surface area contributed by atoms with Gasteiger partial charge in [-0.05, 0) is 30.2 Å². The van der Waals surface area contributed by atoms with Gasteiger partial charge in [0.2, 0.25) is 15.9 Å². The van der Waals surface area contributed by atoms with Crippen molar-refractivity contribution < 1.29 is 17.6 Å². The predicted octanol–water partition coefficient (Wildman–Crippen LogP) is 2.62. The Hall–Kier alpha value is -2.25. The van der Waals surface area contributed by atoms with Gasteiger partial charge < -0.3 is 5.32 Å². The number of hydrogen-bond acceptors (Lipinski definition) is 3. The summed E-state index contributed by atoms with van der Waals surface area (Å²) in [6.45, 7) is 1.23. The molecule has 1 aliphatic carbocycles. The van der Waals surface area contributed by atoms with Gasteiger partial charge in [0, 0.05) is 18.9 Å². The molecule has 1 fully saturated rings. The number of sulfonamides is 1. The monoisotopic (exact) mass is 348 g/mol. The van der Waals surface area contributed by atoms with E-state index >= 15 is 0 Å². The zero-order valence-electron chi connectivity index (χ0n) is 13.0. The second-order valence-corrected chi connectivity index (χ2v) is 7.52. The largest absolute Gasteiger partial charge is 0.324 e. The molecule has 0 aromatic heterocycles. The fourth-order valence-corrected chi connectivity index (χ4v) is 3.93. The molecule has 3 rings (SSSR count). The molecule has 2 atom stereocenters. The highest BCUT2D eigenvalue weighted by molar-refractivity contribution is 7.89. The van der Waals surface area contributed by atoms with E-state index in [1.165, 1.54) is 13.0 Å². The van der Waals surface area contributed by atoms with Crippen LogP contribution in [0.4, 0.5) is 10.1 Å². The van der Waals surface area contributed by atoms with E-state index in [9.17, 15) is 17.6 Å². The lowest BCUT2D eigenvalue weighted by atomic mass is 10.1. The Morgan fingerprint density at radius 1 is 1.17 bits per heavy atom. The molecule has 0 radical (unpaired) electrons. The van der Waals surface area contributed by atoms with Gasteiger partial charge in [0.1, 0.15) is 5.82 Å². The van der Waals surface area contributed by atoms with Crippen LogP contribution in [0, 0.1) is 5.82 Å². The van der Waals surface area contributed by atoms with Crippen molar-refractivity contribution >= 4 is 21.6 Å². The molecule has 2 N–H and O–H groups in total. The quantitative estimate of drug-likeness (QED) is 0.872. The average Bonchev–Trinajstić information content (AvgIpc) is 3.28. The molecular formula is C17H17FN2O3S. The first-order chi connectivity index (χ1) is 11.4. The molecule has 2 aromatic carbocycles. The van der Waals surface area contributed by atoms with Gasteiger partial charge in [-0.3, -0.25) is 4.79 Å². The molecule has 126 valence electrons. The van der Waals surface area contributed by atoms with Gasteiger partial charge in [-0.15, -0.1) is 0 Å². The molecule has 5 nitrogen and oxygen atoms in total. The van der Waals surface area contributed by atoms with Crippen molar-refractivity contribution in [3.05, 3.63) is 59.9 Å². The van der Waals surface area contributed by atoms with Crippen LogP contribution in [-0.2, 0) is 14.8 Å². The Labute approximate surface area is 139 Å². The van der Waals surface area contributed by atoms with Crippen molar-refractivity contribution in [3.63, 3.8) is 0 Å². The van der Waals surface area contributed by atoms with Crippen LogP contribution in [0.3, 0.4) is 0 Å². The average molecular weight is 348 g/mol. The first kappa shape index (κ1) is 16.6. The zero-order chi connectivity index (χ0) is 17.3. The first-order valence-electron chi connectivity index (χ1n) is 7.51. The molecule has 0 unspecified atom stereocenters. The van der Waals surface area contributed by atoms with Crippen LogP contribution in [0.1, 0.15) is 24.8 Å². The van der Waals surface area contributed by atoms with E-state index in [0.717, 1.165) is 24.1 Å². The van der Waals surface area contributed by atoms with E-state index in [1.54, 1.807) is 0 Å². The van der Waals surface area contributed by atoms with Gasteiger partial charge in [0.05, 0.1) is 10.6 Å². The van der Waals surface area contributed by atoms with Crippen LogP contribution in [-0.4, -0.2) is 20.4 Å². The maximum atomic E-state index is 13.6. The number of benzene rings is 2. The summed E-state index contributed by atoms with van der Waals surface area (Å²) >= 11 is 0. The Bertz CT molecular complexity index is 869. The molecule has 0 heterocycles. The van der Waals surface area contributed by atoms with E-state index in [2.05, 4.69) is 10.0 Å². The van der Waals surface area contributed by atoms with Crippen LogP contribution in [0.2, 0.25) is 0 Å². The molecule has 0 bridgehead atoms. The van der Waals surface area contributed by atoms with Crippen molar-refractivity contribution in [1.29, 1.82) is 0 Å². The van der Waals surface area contributed by atoms with Gasteiger partial charge >= 0.3 is 0 Å². The number of carbonyl (C=O) groups is 1. The number of halogens is 1. The summed E-state index contributed by atoms with van der Waals surface area (Å²) in [6.07, 6.45) is 0.725. The Morgan fingerprint density at radius 3 is 2.54 bits per heavy atom. The molecule has 1 saturated carbocycles. The minimum atomic E-state index is -3.78. The fourth-order valence-electron chi connectivity index (χ4n) is 2.62. The second-order valence-electron chi connectivity index (χ2n) is 5.80. The topological polar surface area (TPSA) is 75.3 Å². The van der Waals surface area contributed by atoms with Crippen molar-refractivity contribution in [1.82, 2.24) is 4.72 Å². The van der Waals surface area contributed by atoms with Crippen molar-refractivity contribution in [3.8, 4) is 0 Å². The fraction of sp³-hybridized carbons (Fsp3) is 0.235. The van der Waals surface area contributed by atoms with Gasteiger partial charge in [-0.1, -0.05) is 30.3 Å². The lowest BCUT2D eigenvalue weighted by Crippen LogP contribution is -2.27. The molecule has 24 heavy (non-hydrogen) atoms. The third-order valence-electron chi connectivity index (χ3n) is 3.88. The highest BCUT2D eigenvalue weighted by Gasteiger charge is 2.41. The van der Waals surface area contributed by atoms with Gasteiger partial charge in [0.15, 0.2) is 0 Å². The lowest BCUT2D eigenvalue weighted by Gasteiger charge is -2.09. The first-order valence-corrected chi connectivity index (χ1v) is 8.99. The number of nitrogens with one attached hydrogen (secondary N) is 2. The molecule has 1 amide bonds. The Kier molecular flexibility index (Phi) is 4.38. The summed E-state index contributed by atoms with van der Waals surface area (Å²) in [5.41, 5.74) is 0.934. The Morgan fingerprint density at radius 2 is 1.88 bits per heavy atom. The molecule has 0 spiro atoms. The minimum absolute atomic E-state index is 0.0774. The number of hydrogen-bond donors (Lipinski definition) is 2. The van der Waals surface area contributed by atoms with Crippen LogP contribution < -0.4 is 10.0 Å². The summed E-state index contributed by atoms with van der Waals surface area (Å²) in [4.78, 5) is 11.0. The van der Waals surface area contributed by atoms with Gasteiger partial charge in [0.25, 0.3) is 0 Å². The minimum Gasteiger partial charge on any atom is -0.324 e. The van der Waals surface area contributed by atoms with Gasteiger partial charge in [-0.25, -0.2) is 17.5 Å². The number of carbonyl (C=O) groups excluding carboxylic acids is 1. The lowest BCUT2D eigenvalue weighted by molar-refractivity contribution is -0.114.